The summed E-state index contributed by atoms with van der Waals surface area (Å²) in [6.45, 7) is 0. The van der Waals surface area contributed by atoms with Gasteiger partial charge in [0.2, 0.25) is 0 Å². The molecule has 0 aliphatic rings. The van der Waals surface area contributed by atoms with E-state index in [0.29, 0.717) is 11.3 Å². The van der Waals surface area contributed by atoms with E-state index in [1.54, 1.807) is 0 Å². The number of benzene rings is 1. The molecule has 0 amide bonds. The van der Waals surface area contributed by atoms with Gasteiger partial charge in [-0.15, -0.1) is 0 Å². The molecule has 0 radical (unpaired) electrons. The Hall–Kier alpha value is -3.22. The number of pyridine rings is 1. The monoisotopic (exact) mass is 287 g/mol. The maximum Gasteiger partial charge on any atom is 0.337 e. The van der Waals surface area contributed by atoms with Gasteiger partial charge in [0.05, 0.1) is 22.4 Å². The minimum Gasteiger partial charge on any atom is -0.478 e. The predicted molar refractivity (Wildman–Crippen MR) is 70.6 cm³/mol. The van der Waals surface area contributed by atoms with E-state index >= 15 is 0 Å². The average molecular weight is 287 g/mol. The van der Waals surface area contributed by atoms with E-state index in [1.807, 2.05) is 0 Å². The van der Waals surface area contributed by atoms with Crippen LogP contribution in [0.5, 0.6) is 0 Å². The van der Waals surface area contributed by atoms with Gasteiger partial charge in [-0.05, 0) is 24.3 Å². The molecular weight excluding hydrogens is 278 g/mol. The first-order valence-corrected chi connectivity index (χ1v) is 5.70. The van der Waals surface area contributed by atoms with Crippen molar-refractivity contribution in [3.63, 3.8) is 0 Å². The lowest BCUT2D eigenvalue weighted by Gasteiger charge is -2.06. The Morgan fingerprint density at radius 2 is 1.48 bits per heavy atom. The van der Waals surface area contributed by atoms with Gasteiger partial charge in [-0.3, -0.25) is 4.98 Å². The molecule has 1 aromatic carbocycles. The molecule has 21 heavy (non-hydrogen) atoms. The van der Waals surface area contributed by atoms with Crippen molar-refractivity contribution in [1.29, 1.82) is 0 Å². The molecule has 1 aromatic heterocycles. The summed E-state index contributed by atoms with van der Waals surface area (Å²) in [5.74, 6) is -3.83. The molecule has 0 bridgehead atoms. The largest absolute Gasteiger partial charge is 0.478 e. The van der Waals surface area contributed by atoms with Crippen LogP contribution >= 0.6 is 0 Å². The Balaban J connectivity index is 2.49. The molecule has 2 aromatic rings. The van der Waals surface area contributed by atoms with Crippen molar-refractivity contribution >= 4 is 17.9 Å². The number of hydrogen-bond donors (Lipinski definition) is 3. The number of carboxylic acids is 3. The Kier molecular flexibility index (Phi) is 3.66. The van der Waals surface area contributed by atoms with Crippen LogP contribution in [-0.4, -0.2) is 38.2 Å². The molecule has 7 heteroatoms. The Morgan fingerprint density at radius 1 is 0.810 bits per heavy atom. The quantitative estimate of drug-likeness (QED) is 0.783. The van der Waals surface area contributed by atoms with Crippen molar-refractivity contribution in [2.45, 2.75) is 0 Å². The van der Waals surface area contributed by atoms with E-state index in [1.165, 1.54) is 30.3 Å². The second kappa shape index (κ2) is 5.41. The second-order valence-electron chi connectivity index (χ2n) is 4.11. The van der Waals surface area contributed by atoms with Crippen LogP contribution < -0.4 is 0 Å². The number of nitrogens with zero attached hydrogens (tertiary/aromatic N) is 1. The van der Waals surface area contributed by atoms with E-state index in [9.17, 15) is 14.4 Å². The van der Waals surface area contributed by atoms with E-state index in [-0.39, 0.29) is 16.7 Å². The maximum absolute atomic E-state index is 11.1. The molecule has 0 atom stereocenters. The summed E-state index contributed by atoms with van der Waals surface area (Å²) >= 11 is 0. The van der Waals surface area contributed by atoms with Crippen molar-refractivity contribution in [3.05, 3.63) is 53.2 Å². The third-order valence-electron chi connectivity index (χ3n) is 2.79. The number of rotatable bonds is 4. The van der Waals surface area contributed by atoms with Crippen LogP contribution in [0.1, 0.15) is 31.1 Å². The number of carbonyl (C=O) groups is 3. The molecule has 0 saturated heterocycles. The number of hydrogen-bond acceptors (Lipinski definition) is 4. The summed E-state index contributed by atoms with van der Waals surface area (Å²) in [7, 11) is 0. The first-order valence-electron chi connectivity index (χ1n) is 5.70. The molecule has 2 rings (SSSR count). The molecule has 106 valence electrons. The van der Waals surface area contributed by atoms with E-state index < -0.39 is 17.9 Å². The molecule has 0 aliphatic heterocycles. The average Bonchev–Trinajstić information content (AvgIpc) is 2.46. The summed E-state index contributed by atoms with van der Waals surface area (Å²) in [6.07, 6.45) is 1.14. The second-order valence-corrected chi connectivity index (χ2v) is 4.11. The highest BCUT2D eigenvalue weighted by Gasteiger charge is 2.17. The topological polar surface area (TPSA) is 125 Å². The lowest BCUT2D eigenvalue weighted by atomic mass is 10.0. The van der Waals surface area contributed by atoms with Crippen LogP contribution in [0.3, 0.4) is 0 Å². The minimum atomic E-state index is -1.36. The Morgan fingerprint density at radius 3 is 1.95 bits per heavy atom. The zero-order chi connectivity index (χ0) is 15.6. The van der Waals surface area contributed by atoms with E-state index in [0.717, 1.165) is 6.20 Å². The predicted octanol–water partition coefficient (Wildman–Crippen LogP) is 1.84. The fourth-order valence-electron chi connectivity index (χ4n) is 1.76. The molecule has 0 aliphatic carbocycles. The van der Waals surface area contributed by atoms with Gasteiger partial charge in [-0.1, -0.05) is 6.07 Å². The minimum absolute atomic E-state index is 0.000589. The number of carboxylic acid groups (broad SMARTS) is 3. The summed E-state index contributed by atoms with van der Waals surface area (Å²) in [5, 5.41) is 26.7. The fraction of sp³-hybridized carbons (Fsp3) is 0. The van der Waals surface area contributed by atoms with Gasteiger partial charge in [0.1, 0.15) is 0 Å². The zero-order valence-electron chi connectivity index (χ0n) is 10.5. The fourth-order valence-corrected chi connectivity index (χ4v) is 1.76. The lowest BCUT2D eigenvalue weighted by Crippen LogP contribution is -2.08. The SMILES string of the molecule is O=C(O)c1ccc(-c2ccc(C(=O)O)c(C(=O)O)c2)nc1. The van der Waals surface area contributed by atoms with Gasteiger partial charge in [-0.2, -0.15) is 0 Å². The van der Waals surface area contributed by atoms with Crippen LogP contribution in [0.4, 0.5) is 0 Å². The van der Waals surface area contributed by atoms with Crippen molar-refractivity contribution in [1.82, 2.24) is 4.98 Å². The summed E-state index contributed by atoms with van der Waals surface area (Å²) in [4.78, 5) is 36.7. The van der Waals surface area contributed by atoms with Crippen LogP contribution in [0.2, 0.25) is 0 Å². The van der Waals surface area contributed by atoms with Crippen molar-refractivity contribution in [2.75, 3.05) is 0 Å². The van der Waals surface area contributed by atoms with Gasteiger partial charge >= 0.3 is 17.9 Å². The summed E-state index contributed by atoms with van der Waals surface area (Å²) in [5.41, 5.74) is 0.0469. The molecule has 0 unspecified atom stereocenters. The highest BCUT2D eigenvalue weighted by Crippen LogP contribution is 2.21. The first kappa shape index (κ1) is 14.2. The van der Waals surface area contributed by atoms with Gasteiger partial charge in [-0.25, -0.2) is 14.4 Å². The third-order valence-corrected chi connectivity index (χ3v) is 2.79. The van der Waals surface area contributed by atoms with Crippen molar-refractivity contribution < 1.29 is 29.7 Å². The number of aromatic carboxylic acids is 3. The van der Waals surface area contributed by atoms with E-state index in [4.69, 9.17) is 15.3 Å². The van der Waals surface area contributed by atoms with Crippen LogP contribution in [-0.2, 0) is 0 Å². The van der Waals surface area contributed by atoms with Crippen LogP contribution in [0.25, 0.3) is 11.3 Å². The zero-order valence-corrected chi connectivity index (χ0v) is 10.5. The highest BCUT2D eigenvalue weighted by atomic mass is 16.4. The van der Waals surface area contributed by atoms with Crippen LogP contribution in [0.15, 0.2) is 36.5 Å². The van der Waals surface area contributed by atoms with Gasteiger partial charge in [0.15, 0.2) is 0 Å². The normalized spacial score (nSPS) is 10.1. The third kappa shape index (κ3) is 2.86. The molecule has 0 fully saturated rings. The molecule has 3 N–H and O–H groups in total. The van der Waals surface area contributed by atoms with Gasteiger partial charge in [0.25, 0.3) is 0 Å². The number of aromatic nitrogens is 1. The molecule has 1 heterocycles. The summed E-state index contributed by atoms with van der Waals surface area (Å²) < 4.78 is 0. The van der Waals surface area contributed by atoms with Crippen molar-refractivity contribution in [2.24, 2.45) is 0 Å². The molecule has 0 saturated carbocycles. The summed E-state index contributed by atoms with van der Waals surface area (Å²) in [6, 6.07) is 6.53. The standard InChI is InChI=1S/C14H9NO6/c16-12(17)8-2-4-11(15-6-8)7-1-3-9(13(18)19)10(5-7)14(20)21/h1-6H,(H,16,17)(H,18,19)(H,20,21). The van der Waals surface area contributed by atoms with Gasteiger partial charge < -0.3 is 15.3 Å². The molecule has 0 spiro atoms. The molecular formula is C14H9NO6. The van der Waals surface area contributed by atoms with Crippen LogP contribution in [0, 0.1) is 0 Å². The first-order chi connectivity index (χ1) is 9.90. The van der Waals surface area contributed by atoms with E-state index in [2.05, 4.69) is 4.98 Å². The van der Waals surface area contributed by atoms with Crippen molar-refractivity contribution in [3.8, 4) is 11.3 Å². The van der Waals surface area contributed by atoms with Gasteiger partial charge in [0, 0.05) is 11.8 Å². The lowest BCUT2D eigenvalue weighted by molar-refractivity contribution is 0.0651. The maximum atomic E-state index is 11.1. The Labute approximate surface area is 118 Å². The Bertz CT molecular complexity index is 736. The smallest absolute Gasteiger partial charge is 0.337 e. The highest BCUT2D eigenvalue weighted by molar-refractivity contribution is 6.02. The molecule has 7 nitrogen and oxygen atoms in total.